The molecule has 0 atom stereocenters. The number of carbonyl (C=O) groups excluding carboxylic acids is 2. The van der Waals surface area contributed by atoms with Crippen molar-refractivity contribution in [1.29, 1.82) is 0 Å². The van der Waals surface area contributed by atoms with E-state index in [1.54, 1.807) is 67.4 Å². The molecule has 190 valence electrons. The summed E-state index contributed by atoms with van der Waals surface area (Å²) in [5, 5.41) is 2.58. The highest BCUT2D eigenvalue weighted by molar-refractivity contribution is 6.05. The third kappa shape index (κ3) is 4.62. The zero-order valence-corrected chi connectivity index (χ0v) is 20.5. The second kappa shape index (κ2) is 10.0. The van der Waals surface area contributed by atoms with Crippen molar-refractivity contribution >= 4 is 17.5 Å². The van der Waals surface area contributed by atoms with E-state index in [2.05, 4.69) is 10.3 Å². The van der Waals surface area contributed by atoms with Crippen LogP contribution >= 0.6 is 0 Å². The minimum absolute atomic E-state index is 0.0474. The fourth-order valence-corrected chi connectivity index (χ4v) is 4.01. The number of anilines is 1. The second-order valence-electron chi connectivity index (χ2n) is 8.41. The van der Waals surface area contributed by atoms with Gasteiger partial charge in [0.05, 0.1) is 11.4 Å². The van der Waals surface area contributed by atoms with Crippen LogP contribution in [0.4, 0.5) is 10.1 Å². The summed E-state index contributed by atoms with van der Waals surface area (Å²) in [5.74, 6) is -1.66. The number of rotatable bonds is 6. The highest BCUT2D eigenvalue weighted by atomic mass is 19.1. The number of ether oxygens (including phenoxy) is 1. The molecule has 1 N–H and O–H groups in total. The molecule has 2 aromatic carbocycles. The summed E-state index contributed by atoms with van der Waals surface area (Å²) < 4.78 is 24.9. The number of nitrogens with one attached hydrogen (secondary N) is 1. The molecule has 5 rings (SSSR count). The zero-order valence-electron chi connectivity index (χ0n) is 20.5. The second-order valence-corrected chi connectivity index (χ2v) is 8.41. The first-order valence-electron chi connectivity index (χ1n) is 11.6. The molecule has 0 bridgehead atoms. The van der Waals surface area contributed by atoms with E-state index < -0.39 is 17.3 Å². The highest BCUT2D eigenvalue weighted by Crippen LogP contribution is 2.27. The maximum absolute atomic E-state index is 14.9. The fourth-order valence-electron chi connectivity index (χ4n) is 4.01. The minimum Gasteiger partial charge on any atom is -0.454 e. The van der Waals surface area contributed by atoms with Crippen molar-refractivity contribution in [1.82, 2.24) is 18.9 Å². The lowest BCUT2D eigenvalue weighted by atomic mass is 10.2. The van der Waals surface area contributed by atoms with Crippen molar-refractivity contribution in [2.45, 2.75) is 6.92 Å². The Labute approximate surface area is 216 Å². The van der Waals surface area contributed by atoms with Crippen LogP contribution in [0.15, 0.2) is 96.2 Å². The van der Waals surface area contributed by atoms with Crippen LogP contribution in [0.1, 0.15) is 26.5 Å². The summed E-state index contributed by atoms with van der Waals surface area (Å²) in [6, 6.07) is 19.2. The summed E-state index contributed by atoms with van der Waals surface area (Å²) in [7, 11) is 1.68. The molecule has 0 radical (unpaired) electrons. The molecule has 0 spiro atoms. The van der Waals surface area contributed by atoms with Crippen LogP contribution in [0.25, 0.3) is 5.69 Å². The van der Waals surface area contributed by atoms with Gasteiger partial charge in [-0.2, -0.15) is 0 Å². The van der Waals surface area contributed by atoms with Crippen LogP contribution in [0, 0.1) is 12.7 Å². The highest BCUT2D eigenvalue weighted by Gasteiger charge is 2.22. The third-order valence-corrected chi connectivity index (χ3v) is 5.99. The molecule has 0 saturated carbocycles. The quantitative estimate of drug-likeness (QED) is 0.361. The number of benzene rings is 2. The van der Waals surface area contributed by atoms with E-state index in [1.807, 2.05) is 6.07 Å². The Morgan fingerprint density at radius 3 is 2.42 bits per heavy atom. The largest absolute Gasteiger partial charge is 0.454 e. The van der Waals surface area contributed by atoms with Crippen LogP contribution in [-0.2, 0) is 7.05 Å². The summed E-state index contributed by atoms with van der Waals surface area (Å²) in [5.41, 5.74) is 0.809. The first kappa shape index (κ1) is 24.4. The molecule has 0 unspecified atom stereocenters. The molecule has 10 heteroatoms. The van der Waals surface area contributed by atoms with Crippen LogP contribution in [0.3, 0.4) is 0 Å². The van der Waals surface area contributed by atoms with Crippen LogP contribution in [-0.4, -0.2) is 30.7 Å². The molecule has 0 aliphatic heterocycles. The van der Waals surface area contributed by atoms with Gasteiger partial charge in [-0.25, -0.2) is 9.07 Å². The lowest BCUT2D eigenvalue weighted by Crippen LogP contribution is -2.25. The molecular formula is C28H22FN5O4. The van der Waals surface area contributed by atoms with Gasteiger partial charge in [-0.3, -0.25) is 28.6 Å². The molecule has 5 aromatic rings. The van der Waals surface area contributed by atoms with Gasteiger partial charge in [0.1, 0.15) is 17.0 Å². The topological polar surface area (TPSA) is 100 Å². The molecule has 9 nitrogen and oxygen atoms in total. The first-order chi connectivity index (χ1) is 18.3. The number of halogens is 1. The maximum Gasteiger partial charge on any atom is 0.284 e. The molecular weight excluding hydrogens is 489 g/mol. The van der Waals surface area contributed by atoms with Gasteiger partial charge in [-0.1, -0.05) is 18.2 Å². The molecule has 0 aliphatic carbocycles. The van der Waals surface area contributed by atoms with Crippen LogP contribution in [0.2, 0.25) is 0 Å². The average Bonchev–Trinajstić information content (AvgIpc) is 3.53. The minimum atomic E-state index is -0.746. The third-order valence-electron chi connectivity index (χ3n) is 5.99. The van der Waals surface area contributed by atoms with E-state index in [1.165, 1.54) is 39.7 Å². The van der Waals surface area contributed by atoms with Crippen LogP contribution < -0.4 is 15.6 Å². The predicted molar refractivity (Wildman–Crippen MR) is 139 cm³/mol. The van der Waals surface area contributed by atoms with E-state index in [0.717, 1.165) is 6.07 Å². The molecule has 1 amide bonds. The lowest BCUT2D eigenvalue weighted by Gasteiger charge is -2.10. The number of carbonyl (C=O) groups is 2. The van der Waals surface area contributed by atoms with Crippen molar-refractivity contribution in [3.63, 3.8) is 0 Å². The number of para-hydroxylation sites is 1. The van der Waals surface area contributed by atoms with E-state index in [4.69, 9.17) is 4.74 Å². The van der Waals surface area contributed by atoms with Crippen molar-refractivity contribution < 1.29 is 18.7 Å². The molecule has 0 fully saturated rings. The van der Waals surface area contributed by atoms with Gasteiger partial charge in [-0.05, 0) is 49.4 Å². The Bertz CT molecular complexity index is 1710. The summed E-state index contributed by atoms with van der Waals surface area (Å²) >= 11 is 0. The number of hydrogen-bond acceptors (Lipinski definition) is 5. The number of nitrogens with zero attached hydrogens (tertiary/aromatic N) is 4. The van der Waals surface area contributed by atoms with Gasteiger partial charge < -0.3 is 10.1 Å². The van der Waals surface area contributed by atoms with Gasteiger partial charge in [0.15, 0.2) is 11.6 Å². The zero-order chi connectivity index (χ0) is 26.8. The Balaban J connectivity index is 1.34. The first-order valence-corrected chi connectivity index (χ1v) is 11.6. The Morgan fingerprint density at radius 2 is 1.71 bits per heavy atom. The summed E-state index contributed by atoms with van der Waals surface area (Å²) in [6.45, 7) is 1.66. The number of aromatic nitrogens is 4. The van der Waals surface area contributed by atoms with Gasteiger partial charge in [-0.15, -0.1) is 0 Å². The normalized spacial score (nSPS) is 10.8. The summed E-state index contributed by atoms with van der Waals surface area (Å²) in [4.78, 5) is 42.6. The Hall–Kier alpha value is -5.25. The average molecular weight is 512 g/mol. The fraction of sp³-hybridized carbons (Fsp3) is 0.0714. The van der Waals surface area contributed by atoms with E-state index in [0.29, 0.717) is 11.4 Å². The van der Waals surface area contributed by atoms with Gasteiger partial charge in [0, 0.05) is 43.5 Å². The van der Waals surface area contributed by atoms with E-state index in [-0.39, 0.29) is 34.4 Å². The monoisotopic (exact) mass is 511 g/mol. The van der Waals surface area contributed by atoms with Crippen molar-refractivity contribution in [3.8, 4) is 17.2 Å². The molecule has 0 saturated heterocycles. The van der Waals surface area contributed by atoms with Crippen LogP contribution in [0.5, 0.6) is 11.5 Å². The number of amides is 1. The van der Waals surface area contributed by atoms with Gasteiger partial charge >= 0.3 is 0 Å². The lowest BCUT2D eigenvalue weighted by molar-refractivity contribution is 0.0954. The van der Waals surface area contributed by atoms with Gasteiger partial charge in [0.2, 0.25) is 0 Å². The molecule has 0 aliphatic rings. The Kier molecular flexibility index (Phi) is 6.44. The number of pyridine rings is 1. The molecule has 38 heavy (non-hydrogen) atoms. The standard InChI is InChI=1S/C28H22FN5O4/c1-18-25(28(37)34(32(18)2)20-8-4-3-5-9-20)26(35)31-19-10-11-24(22(29)16-19)38-21-12-13-30-23(17-21)27(36)33-14-6-7-15-33/h3-17H,1-2H3,(H,31,35). The smallest absolute Gasteiger partial charge is 0.284 e. The molecule has 3 aromatic heterocycles. The predicted octanol–water partition coefficient (Wildman–Crippen LogP) is 4.55. The van der Waals surface area contributed by atoms with Crippen molar-refractivity contribution in [3.05, 3.63) is 125 Å². The molecule has 3 heterocycles. The van der Waals surface area contributed by atoms with Crippen molar-refractivity contribution in [2.24, 2.45) is 7.05 Å². The van der Waals surface area contributed by atoms with E-state index >= 15 is 0 Å². The van der Waals surface area contributed by atoms with Crippen molar-refractivity contribution in [2.75, 3.05) is 5.32 Å². The Morgan fingerprint density at radius 1 is 0.974 bits per heavy atom. The maximum atomic E-state index is 14.9. The number of hydrogen-bond donors (Lipinski definition) is 1. The van der Waals surface area contributed by atoms with E-state index in [9.17, 15) is 18.8 Å². The van der Waals surface area contributed by atoms with Gasteiger partial charge in [0.25, 0.3) is 17.4 Å². The SMILES string of the molecule is Cc1c(C(=O)Nc2ccc(Oc3ccnc(C(=O)n4cccc4)c3)c(F)c2)c(=O)n(-c2ccccc2)n1C. The summed E-state index contributed by atoms with van der Waals surface area (Å²) in [6.07, 6.45) is 4.58.